The molecule has 29 heavy (non-hydrogen) atoms. The third kappa shape index (κ3) is 5.61. The molecule has 2 aromatic rings. The molecule has 0 heterocycles. The van der Waals surface area contributed by atoms with Gasteiger partial charge >= 0.3 is 0 Å². The minimum Gasteiger partial charge on any atom is -0.497 e. The van der Waals surface area contributed by atoms with E-state index in [2.05, 4.69) is 10.0 Å². The highest BCUT2D eigenvalue weighted by molar-refractivity contribution is 7.89. The van der Waals surface area contributed by atoms with Crippen LogP contribution >= 0.6 is 0 Å². The van der Waals surface area contributed by atoms with Gasteiger partial charge in [0.2, 0.25) is 15.9 Å². The lowest BCUT2D eigenvalue weighted by atomic mass is 10.2. The van der Waals surface area contributed by atoms with Crippen molar-refractivity contribution in [1.82, 2.24) is 4.72 Å². The van der Waals surface area contributed by atoms with Crippen LogP contribution in [0.15, 0.2) is 41.3 Å². The van der Waals surface area contributed by atoms with Gasteiger partial charge in [-0.05, 0) is 56.7 Å². The minimum absolute atomic E-state index is 0.0557. The van der Waals surface area contributed by atoms with E-state index in [1.54, 1.807) is 31.2 Å². The molecule has 0 radical (unpaired) electrons. The number of rotatable bonds is 9. The van der Waals surface area contributed by atoms with Crippen LogP contribution < -0.4 is 24.2 Å². The summed E-state index contributed by atoms with van der Waals surface area (Å²) >= 11 is 0. The molecule has 0 aliphatic rings. The van der Waals surface area contributed by atoms with Crippen LogP contribution in [0.3, 0.4) is 0 Å². The quantitative estimate of drug-likeness (QED) is 0.644. The monoisotopic (exact) mass is 422 g/mol. The lowest BCUT2D eigenvalue weighted by Gasteiger charge is -2.17. The summed E-state index contributed by atoms with van der Waals surface area (Å²) in [6.45, 7) is 5.56. The highest BCUT2D eigenvalue weighted by atomic mass is 32.2. The molecule has 0 bridgehead atoms. The summed E-state index contributed by atoms with van der Waals surface area (Å²) < 4.78 is 43.5. The molecule has 1 amide bonds. The summed E-state index contributed by atoms with van der Waals surface area (Å²) in [5.41, 5.74) is 1.09. The fraction of sp³-hybridized carbons (Fsp3) is 0.350. The molecule has 0 aliphatic carbocycles. The van der Waals surface area contributed by atoms with Gasteiger partial charge in [-0.2, -0.15) is 4.72 Å². The van der Waals surface area contributed by atoms with Crippen molar-refractivity contribution in [3.8, 4) is 17.2 Å². The van der Waals surface area contributed by atoms with E-state index < -0.39 is 22.0 Å². The zero-order valence-corrected chi connectivity index (χ0v) is 17.9. The van der Waals surface area contributed by atoms with Crippen molar-refractivity contribution >= 4 is 21.6 Å². The van der Waals surface area contributed by atoms with E-state index in [-0.39, 0.29) is 4.90 Å². The number of carbonyl (C=O) groups excluding carboxylic acids is 1. The Hall–Kier alpha value is -2.78. The SMILES string of the molecule is CCOc1ccc(S(=O)(=O)N[C@H](C)C(=O)Nc2ccc(OC)cc2OC)cc1C. The zero-order chi connectivity index (χ0) is 21.6. The van der Waals surface area contributed by atoms with E-state index in [0.717, 1.165) is 0 Å². The number of carbonyl (C=O) groups is 1. The van der Waals surface area contributed by atoms with Gasteiger partial charge in [-0.15, -0.1) is 0 Å². The summed E-state index contributed by atoms with van der Waals surface area (Å²) in [6, 6.07) is 8.43. The molecule has 0 saturated heterocycles. The van der Waals surface area contributed by atoms with Crippen LogP contribution in [0.25, 0.3) is 0 Å². The molecule has 2 N–H and O–H groups in total. The topological polar surface area (TPSA) is 103 Å². The molecule has 2 aromatic carbocycles. The van der Waals surface area contributed by atoms with Gasteiger partial charge in [0, 0.05) is 6.07 Å². The van der Waals surface area contributed by atoms with Crippen molar-refractivity contribution < 1.29 is 27.4 Å². The summed E-state index contributed by atoms with van der Waals surface area (Å²) in [7, 11) is -0.912. The van der Waals surface area contributed by atoms with Crippen LogP contribution in [0.2, 0.25) is 0 Å². The number of anilines is 1. The van der Waals surface area contributed by atoms with E-state index in [1.807, 2.05) is 6.92 Å². The van der Waals surface area contributed by atoms with Crippen molar-refractivity contribution in [1.29, 1.82) is 0 Å². The van der Waals surface area contributed by atoms with Crippen molar-refractivity contribution in [2.24, 2.45) is 0 Å². The first kappa shape index (κ1) is 22.5. The van der Waals surface area contributed by atoms with E-state index in [9.17, 15) is 13.2 Å². The Bertz CT molecular complexity index is 975. The molecule has 1 atom stereocenters. The summed E-state index contributed by atoms with van der Waals surface area (Å²) in [4.78, 5) is 12.6. The Kier molecular flexibility index (Phi) is 7.46. The standard InChI is InChI=1S/C20H26N2O6S/c1-6-28-18-10-8-16(11-13(18)2)29(24,25)22-14(3)20(23)21-17-9-7-15(26-4)12-19(17)27-5/h7-12,14,22H,6H2,1-5H3,(H,21,23)/t14-/m1/s1. The molecule has 0 saturated carbocycles. The molecule has 9 heteroatoms. The summed E-state index contributed by atoms with van der Waals surface area (Å²) in [5, 5.41) is 2.66. The van der Waals surface area contributed by atoms with Gasteiger partial charge in [0.1, 0.15) is 17.2 Å². The van der Waals surface area contributed by atoms with Crippen molar-refractivity contribution in [2.45, 2.75) is 31.7 Å². The Morgan fingerprint density at radius 1 is 1.07 bits per heavy atom. The average molecular weight is 423 g/mol. The third-order valence-electron chi connectivity index (χ3n) is 4.15. The van der Waals surface area contributed by atoms with Gasteiger partial charge < -0.3 is 19.5 Å². The van der Waals surface area contributed by atoms with Crippen LogP contribution in [0, 0.1) is 6.92 Å². The lowest BCUT2D eigenvalue weighted by Crippen LogP contribution is -2.41. The van der Waals surface area contributed by atoms with Gasteiger partial charge in [-0.1, -0.05) is 0 Å². The summed E-state index contributed by atoms with van der Waals surface area (Å²) in [5.74, 6) is 1.05. The van der Waals surface area contributed by atoms with Crippen molar-refractivity contribution in [3.05, 3.63) is 42.0 Å². The number of nitrogens with one attached hydrogen (secondary N) is 2. The molecule has 8 nitrogen and oxygen atoms in total. The Balaban J connectivity index is 2.13. The van der Waals surface area contributed by atoms with Crippen LogP contribution in [0.4, 0.5) is 5.69 Å². The molecule has 0 aliphatic heterocycles. The highest BCUT2D eigenvalue weighted by Gasteiger charge is 2.23. The Labute approximate surface area is 171 Å². The van der Waals surface area contributed by atoms with Gasteiger partial charge in [0.25, 0.3) is 0 Å². The summed E-state index contributed by atoms with van der Waals surface area (Å²) in [6.07, 6.45) is 0. The molecular weight excluding hydrogens is 396 g/mol. The second-order valence-corrected chi connectivity index (χ2v) is 7.97. The molecule has 0 spiro atoms. The minimum atomic E-state index is -3.90. The third-order valence-corrected chi connectivity index (χ3v) is 5.69. The maximum absolute atomic E-state index is 12.7. The number of ether oxygens (including phenoxy) is 3. The first-order valence-corrected chi connectivity index (χ1v) is 10.5. The number of hydrogen-bond donors (Lipinski definition) is 2. The normalized spacial score (nSPS) is 12.2. The predicted octanol–water partition coefficient (Wildman–Crippen LogP) is 2.72. The molecule has 0 aromatic heterocycles. The number of methoxy groups -OCH3 is 2. The lowest BCUT2D eigenvalue weighted by molar-refractivity contribution is -0.117. The van der Waals surface area contributed by atoms with Crippen LogP contribution in [-0.4, -0.2) is 41.2 Å². The van der Waals surface area contributed by atoms with Crippen LogP contribution in [0.1, 0.15) is 19.4 Å². The van der Waals surface area contributed by atoms with Crippen molar-refractivity contribution in [3.63, 3.8) is 0 Å². The molecule has 158 valence electrons. The predicted molar refractivity (Wildman–Crippen MR) is 110 cm³/mol. The van der Waals surface area contributed by atoms with E-state index in [0.29, 0.717) is 35.1 Å². The number of amides is 1. The smallest absolute Gasteiger partial charge is 0.242 e. The average Bonchev–Trinajstić information content (AvgIpc) is 2.69. The van der Waals surface area contributed by atoms with E-state index in [4.69, 9.17) is 14.2 Å². The van der Waals surface area contributed by atoms with E-state index >= 15 is 0 Å². The Morgan fingerprint density at radius 2 is 1.79 bits per heavy atom. The molecule has 0 unspecified atom stereocenters. The number of benzene rings is 2. The largest absolute Gasteiger partial charge is 0.497 e. The second-order valence-electron chi connectivity index (χ2n) is 6.26. The van der Waals surface area contributed by atoms with E-state index in [1.165, 1.54) is 33.3 Å². The van der Waals surface area contributed by atoms with Crippen LogP contribution in [0.5, 0.6) is 17.2 Å². The molecule has 2 rings (SSSR count). The number of sulfonamides is 1. The van der Waals surface area contributed by atoms with Gasteiger partial charge in [0.05, 0.1) is 37.5 Å². The molecular formula is C20H26N2O6S. The van der Waals surface area contributed by atoms with Gasteiger partial charge in [0.15, 0.2) is 0 Å². The first-order valence-electron chi connectivity index (χ1n) is 9.00. The van der Waals surface area contributed by atoms with Gasteiger partial charge in [-0.25, -0.2) is 8.42 Å². The number of aryl methyl sites for hydroxylation is 1. The fourth-order valence-corrected chi connectivity index (χ4v) is 3.89. The second kappa shape index (κ2) is 9.62. The maximum atomic E-state index is 12.7. The Morgan fingerprint density at radius 3 is 2.38 bits per heavy atom. The zero-order valence-electron chi connectivity index (χ0n) is 17.1. The van der Waals surface area contributed by atoms with Crippen molar-refractivity contribution in [2.75, 3.05) is 26.1 Å². The van der Waals surface area contributed by atoms with Crippen LogP contribution in [-0.2, 0) is 14.8 Å². The number of hydrogen-bond acceptors (Lipinski definition) is 6. The first-order chi connectivity index (χ1) is 13.7. The highest BCUT2D eigenvalue weighted by Crippen LogP contribution is 2.29. The van der Waals surface area contributed by atoms with Gasteiger partial charge in [-0.3, -0.25) is 4.79 Å². The fourth-order valence-electron chi connectivity index (χ4n) is 2.60. The molecule has 0 fully saturated rings. The maximum Gasteiger partial charge on any atom is 0.242 e.